The topological polar surface area (TPSA) is 49.0 Å². The van der Waals surface area contributed by atoms with Crippen molar-refractivity contribution in [3.63, 3.8) is 0 Å². The molecule has 0 bridgehead atoms. The minimum atomic E-state index is 0.122. The first-order chi connectivity index (χ1) is 8.75. The highest BCUT2D eigenvalue weighted by molar-refractivity contribution is 5.95. The maximum absolute atomic E-state index is 11.8. The van der Waals surface area contributed by atoms with E-state index in [1.807, 2.05) is 30.1 Å². The van der Waals surface area contributed by atoms with Gasteiger partial charge in [0, 0.05) is 25.1 Å². The number of hydrogen-bond donors (Lipinski definition) is 1. The first kappa shape index (κ1) is 12.5. The Labute approximate surface area is 107 Å². The molecule has 0 aliphatic rings. The Bertz CT molecular complexity index is 479. The summed E-state index contributed by atoms with van der Waals surface area (Å²) in [6.45, 7) is 1.29. The van der Waals surface area contributed by atoms with E-state index in [-0.39, 0.29) is 5.78 Å². The maximum atomic E-state index is 11.8. The number of ketones is 1. The number of pyridine rings is 1. The summed E-state index contributed by atoms with van der Waals surface area (Å²) in [6, 6.07) is 7.64. The Kier molecular flexibility index (Phi) is 4.25. The molecule has 4 nitrogen and oxygen atoms in total. The molecular weight excluding hydrogens is 226 g/mol. The predicted molar refractivity (Wildman–Crippen MR) is 70.6 cm³/mol. The van der Waals surface area contributed by atoms with Crippen LogP contribution in [-0.4, -0.2) is 40.8 Å². The van der Waals surface area contributed by atoms with Crippen molar-refractivity contribution in [3.8, 4) is 0 Å². The molecule has 0 spiro atoms. The van der Waals surface area contributed by atoms with Crippen molar-refractivity contribution in [3.05, 3.63) is 54.1 Å². The summed E-state index contributed by atoms with van der Waals surface area (Å²) >= 11 is 0. The van der Waals surface area contributed by atoms with Gasteiger partial charge in [-0.3, -0.25) is 14.7 Å². The second-order valence-corrected chi connectivity index (χ2v) is 4.35. The van der Waals surface area contributed by atoms with E-state index >= 15 is 0 Å². The third kappa shape index (κ3) is 3.53. The zero-order valence-electron chi connectivity index (χ0n) is 10.5. The number of aromatic amines is 1. The van der Waals surface area contributed by atoms with E-state index in [9.17, 15) is 4.79 Å². The summed E-state index contributed by atoms with van der Waals surface area (Å²) in [5, 5.41) is 0. The van der Waals surface area contributed by atoms with E-state index in [4.69, 9.17) is 0 Å². The Hall–Kier alpha value is -1.94. The van der Waals surface area contributed by atoms with E-state index in [1.54, 1.807) is 24.7 Å². The van der Waals surface area contributed by atoms with Gasteiger partial charge < -0.3 is 4.98 Å². The highest BCUT2D eigenvalue weighted by Gasteiger charge is 2.09. The van der Waals surface area contributed by atoms with Crippen LogP contribution < -0.4 is 0 Å². The number of rotatable bonds is 6. The van der Waals surface area contributed by atoms with Crippen molar-refractivity contribution in [2.45, 2.75) is 6.42 Å². The minimum Gasteiger partial charge on any atom is -0.359 e. The third-order valence-corrected chi connectivity index (χ3v) is 2.84. The molecule has 4 heteroatoms. The molecule has 0 atom stereocenters. The van der Waals surface area contributed by atoms with Gasteiger partial charge in [0.25, 0.3) is 0 Å². The van der Waals surface area contributed by atoms with Crippen molar-refractivity contribution in [2.75, 3.05) is 20.1 Å². The zero-order valence-corrected chi connectivity index (χ0v) is 10.5. The van der Waals surface area contributed by atoms with Crippen molar-refractivity contribution in [1.82, 2.24) is 14.9 Å². The molecule has 0 saturated carbocycles. The molecule has 0 amide bonds. The molecule has 2 aromatic heterocycles. The van der Waals surface area contributed by atoms with E-state index in [0.717, 1.165) is 13.0 Å². The molecule has 0 radical (unpaired) electrons. The largest absolute Gasteiger partial charge is 0.359 e. The number of Topliss-reactive ketones (excluding diaryl/α,β-unsaturated/α-hetero) is 1. The molecule has 0 aliphatic carbocycles. The van der Waals surface area contributed by atoms with Gasteiger partial charge >= 0.3 is 0 Å². The van der Waals surface area contributed by atoms with Crippen LogP contribution in [0.5, 0.6) is 0 Å². The summed E-state index contributed by atoms with van der Waals surface area (Å²) < 4.78 is 0. The van der Waals surface area contributed by atoms with E-state index < -0.39 is 0 Å². The van der Waals surface area contributed by atoms with Crippen LogP contribution >= 0.6 is 0 Å². The number of hydrogen-bond acceptors (Lipinski definition) is 3. The lowest BCUT2D eigenvalue weighted by atomic mass is 10.2. The van der Waals surface area contributed by atoms with Gasteiger partial charge in [-0.2, -0.15) is 0 Å². The van der Waals surface area contributed by atoms with Gasteiger partial charge in [-0.05, 0) is 43.3 Å². The van der Waals surface area contributed by atoms with Crippen LogP contribution in [0.1, 0.15) is 16.1 Å². The molecule has 1 N–H and O–H groups in total. The molecule has 0 aromatic carbocycles. The standard InChI is InChI=1S/C14H17N3O/c1-17(10-6-12-4-8-15-9-5-12)11-14(18)13-3-2-7-16-13/h2-5,7-9,16H,6,10-11H2,1H3. The smallest absolute Gasteiger partial charge is 0.192 e. The zero-order chi connectivity index (χ0) is 12.8. The molecule has 0 unspecified atom stereocenters. The summed E-state index contributed by atoms with van der Waals surface area (Å²) in [5.74, 6) is 0.122. The van der Waals surface area contributed by atoms with Crippen molar-refractivity contribution in [2.24, 2.45) is 0 Å². The summed E-state index contributed by atoms with van der Waals surface area (Å²) in [6.07, 6.45) is 6.28. The number of aromatic nitrogens is 2. The third-order valence-electron chi connectivity index (χ3n) is 2.84. The molecule has 0 aliphatic heterocycles. The first-order valence-electron chi connectivity index (χ1n) is 6.00. The maximum Gasteiger partial charge on any atom is 0.192 e. The monoisotopic (exact) mass is 243 g/mol. The molecule has 2 aromatic rings. The Morgan fingerprint density at radius 1 is 1.33 bits per heavy atom. The lowest BCUT2D eigenvalue weighted by Gasteiger charge is -2.15. The van der Waals surface area contributed by atoms with Gasteiger partial charge in [0.1, 0.15) is 0 Å². The fraction of sp³-hybridized carbons (Fsp3) is 0.286. The van der Waals surface area contributed by atoms with Crippen LogP contribution in [0.25, 0.3) is 0 Å². The average molecular weight is 243 g/mol. The minimum absolute atomic E-state index is 0.122. The fourth-order valence-corrected chi connectivity index (χ4v) is 1.78. The lowest BCUT2D eigenvalue weighted by Crippen LogP contribution is -2.28. The van der Waals surface area contributed by atoms with Crippen molar-refractivity contribution >= 4 is 5.78 Å². The van der Waals surface area contributed by atoms with Gasteiger partial charge in [0.2, 0.25) is 0 Å². The van der Waals surface area contributed by atoms with E-state index in [1.165, 1.54) is 5.56 Å². The van der Waals surface area contributed by atoms with Crippen molar-refractivity contribution < 1.29 is 4.79 Å². The van der Waals surface area contributed by atoms with Gasteiger partial charge in [-0.15, -0.1) is 0 Å². The predicted octanol–water partition coefficient (Wildman–Crippen LogP) is 1.77. The van der Waals surface area contributed by atoms with Crippen LogP contribution in [0.4, 0.5) is 0 Å². The fourth-order valence-electron chi connectivity index (χ4n) is 1.78. The Morgan fingerprint density at radius 3 is 2.78 bits per heavy atom. The number of H-pyrrole nitrogens is 1. The molecule has 0 fully saturated rings. The highest BCUT2D eigenvalue weighted by atomic mass is 16.1. The highest BCUT2D eigenvalue weighted by Crippen LogP contribution is 2.01. The summed E-state index contributed by atoms with van der Waals surface area (Å²) in [7, 11) is 1.96. The first-order valence-corrected chi connectivity index (χ1v) is 6.00. The number of carbonyl (C=O) groups excluding carboxylic acids is 1. The molecular formula is C14H17N3O. The van der Waals surface area contributed by atoms with Crippen LogP contribution in [0.2, 0.25) is 0 Å². The Balaban J connectivity index is 1.79. The summed E-state index contributed by atoms with van der Waals surface area (Å²) in [4.78, 5) is 20.8. The molecule has 2 heterocycles. The number of carbonyl (C=O) groups is 1. The summed E-state index contributed by atoms with van der Waals surface area (Å²) in [5.41, 5.74) is 1.91. The van der Waals surface area contributed by atoms with Gasteiger partial charge in [-0.25, -0.2) is 0 Å². The van der Waals surface area contributed by atoms with Crippen molar-refractivity contribution in [1.29, 1.82) is 0 Å². The number of nitrogens with one attached hydrogen (secondary N) is 1. The SMILES string of the molecule is CN(CCc1ccncc1)CC(=O)c1ccc[nH]1. The molecule has 18 heavy (non-hydrogen) atoms. The van der Waals surface area contributed by atoms with E-state index in [2.05, 4.69) is 9.97 Å². The van der Waals surface area contributed by atoms with Gasteiger partial charge in [-0.1, -0.05) is 0 Å². The van der Waals surface area contributed by atoms with Crippen LogP contribution in [0.15, 0.2) is 42.9 Å². The molecule has 94 valence electrons. The lowest BCUT2D eigenvalue weighted by molar-refractivity contribution is 0.0942. The van der Waals surface area contributed by atoms with E-state index in [0.29, 0.717) is 12.2 Å². The molecule has 0 saturated heterocycles. The quantitative estimate of drug-likeness (QED) is 0.787. The Morgan fingerprint density at radius 2 is 2.11 bits per heavy atom. The second-order valence-electron chi connectivity index (χ2n) is 4.35. The van der Waals surface area contributed by atoms with Crippen LogP contribution in [0.3, 0.4) is 0 Å². The van der Waals surface area contributed by atoms with Gasteiger partial charge in [0.15, 0.2) is 5.78 Å². The van der Waals surface area contributed by atoms with Crippen LogP contribution in [0, 0.1) is 0 Å². The molecule has 2 rings (SSSR count). The average Bonchev–Trinajstić information content (AvgIpc) is 2.91. The van der Waals surface area contributed by atoms with Crippen LogP contribution in [-0.2, 0) is 6.42 Å². The number of nitrogens with zero attached hydrogens (tertiary/aromatic N) is 2. The second kappa shape index (κ2) is 6.12. The number of likely N-dealkylation sites (N-methyl/N-ethyl adjacent to an activating group) is 1. The normalized spacial score (nSPS) is 10.8. The van der Waals surface area contributed by atoms with Gasteiger partial charge in [0.05, 0.1) is 12.2 Å².